The van der Waals surface area contributed by atoms with Gasteiger partial charge in [0.15, 0.2) is 0 Å². The quantitative estimate of drug-likeness (QED) is 0.810. The number of benzene rings is 1. The van der Waals surface area contributed by atoms with Crippen LogP contribution in [-0.2, 0) is 6.54 Å². The summed E-state index contributed by atoms with van der Waals surface area (Å²) in [6.45, 7) is 8.03. The normalized spacial score (nSPS) is 19.0. The number of aliphatic hydroxyl groups is 1. The number of hydrogen-bond acceptors (Lipinski definition) is 3. The molecule has 0 saturated carbocycles. The lowest BCUT2D eigenvalue weighted by Gasteiger charge is -2.34. The van der Waals surface area contributed by atoms with Crippen LogP contribution in [-0.4, -0.2) is 41.8 Å². The van der Waals surface area contributed by atoms with Gasteiger partial charge in [-0.15, -0.1) is 0 Å². The molecule has 1 unspecified atom stereocenters. The molecule has 1 aromatic rings. The molecular formula is C18H30N2O. The van der Waals surface area contributed by atoms with Crippen LogP contribution in [0, 0.1) is 5.92 Å². The van der Waals surface area contributed by atoms with Gasteiger partial charge in [0.1, 0.15) is 0 Å². The second kappa shape index (κ2) is 8.52. The van der Waals surface area contributed by atoms with Gasteiger partial charge >= 0.3 is 0 Å². The molecule has 0 radical (unpaired) electrons. The highest BCUT2D eigenvalue weighted by Crippen LogP contribution is 2.15. The molecule has 1 saturated heterocycles. The van der Waals surface area contributed by atoms with E-state index in [4.69, 9.17) is 0 Å². The predicted molar refractivity (Wildman–Crippen MR) is 88.2 cm³/mol. The Bertz CT molecular complexity index is 385. The Kier molecular flexibility index (Phi) is 6.68. The fraction of sp³-hybridized carbons (Fsp3) is 0.667. The number of hydrogen-bond donors (Lipinski definition) is 2. The Morgan fingerprint density at radius 2 is 1.86 bits per heavy atom. The van der Waals surface area contributed by atoms with Crippen molar-refractivity contribution < 1.29 is 5.11 Å². The summed E-state index contributed by atoms with van der Waals surface area (Å²) in [6, 6.07) is 11.5. The molecule has 0 amide bonds. The van der Waals surface area contributed by atoms with Crippen molar-refractivity contribution in [1.82, 2.24) is 10.2 Å². The number of likely N-dealkylation sites (tertiary alicyclic amines) is 1. The van der Waals surface area contributed by atoms with Crippen LogP contribution >= 0.6 is 0 Å². The van der Waals surface area contributed by atoms with Crippen LogP contribution in [0.1, 0.15) is 38.7 Å². The van der Waals surface area contributed by atoms with E-state index >= 15 is 0 Å². The van der Waals surface area contributed by atoms with Crippen LogP contribution in [0.25, 0.3) is 0 Å². The van der Waals surface area contributed by atoms with E-state index in [1.807, 2.05) is 0 Å². The van der Waals surface area contributed by atoms with Gasteiger partial charge in [-0.25, -0.2) is 0 Å². The number of piperidine rings is 1. The first-order valence-electron chi connectivity index (χ1n) is 8.30. The molecule has 1 heterocycles. The molecule has 0 bridgehead atoms. The minimum atomic E-state index is 0.252. The first-order chi connectivity index (χ1) is 10.2. The minimum Gasteiger partial charge on any atom is -0.395 e. The molecule has 1 fully saturated rings. The van der Waals surface area contributed by atoms with Crippen molar-refractivity contribution in [2.75, 3.05) is 19.7 Å². The van der Waals surface area contributed by atoms with E-state index in [-0.39, 0.29) is 12.6 Å². The summed E-state index contributed by atoms with van der Waals surface area (Å²) >= 11 is 0. The number of aliphatic hydroxyl groups excluding tert-OH is 1. The summed E-state index contributed by atoms with van der Waals surface area (Å²) in [4.78, 5) is 2.53. The molecule has 1 aromatic carbocycles. The first-order valence-corrected chi connectivity index (χ1v) is 8.30. The molecule has 2 N–H and O–H groups in total. The number of nitrogens with zero attached hydrogens (tertiary/aromatic N) is 1. The van der Waals surface area contributed by atoms with Gasteiger partial charge in [-0.1, -0.05) is 44.2 Å². The fourth-order valence-corrected chi connectivity index (χ4v) is 3.20. The molecule has 21 heavy (non-hydrogen) atoms. The Labute approximate surface area is 129 Å². The zero-order valence-corrected chi connectivity index (χ0v) is 13.5. The van der Waals surface area contributed by atoms with Crippen molar-refractivity contribution >= 4 is 0 Å². The zero-order valence-electron chi connectivity index (χ0n) is 13.5. The maximum absolute atomic E-state index is 9.48. The molecule has 3 nitrogen and oxygen atoms in total. The van der Waals surface area contributed by atoms with Crippen molar-refractivity contribution in [3.63, 3.8) is 0 Å². The van der Waals surface area contributed by atoms with E-state index in [0.717, 1.165) is 26.1 Å². The molecule has 1 aliphatic heterocycles. The highest BCUT2D eigenvalue weighted by molar-refractivity contribution is 5.14. The summed E-state index contributed by atoms with van der Waals surface area (Å²) in [6.07, 6.45) is 3.42. The van der Waals surface area contributed by atoms with Gasteiger partial charge in [0.05, 0.1) is 6.61 Å². The molecule has 3 heteroatoms. The van der Waals surface area contributed by atoms with Crippen LogP contribution in [0.15, 0.2) is 30.3 Å². The zero-order chi connectivity index (χ0) is 15.1. The van der Waals surface area contributed by atoms with Gasteiger partial charge in [0.2, 0.25) is 0 Å². The standard InChI is InChI=1S/C18H30N2O/c1-15(2)12-18(14-21)19-17-8-10-20(11-9-17)13-16-6-4-3-5-7-16/h3-7,15,17-19,21H,8-14H2,1-2H3. The SMILES string of the molecule is CC(C)CC(CO)NC1CCN(Cc2ccccc2)CC1. The molecule has 2 rings (SSSR count). The molecule has 1 aliphatic rings. The summed E-state index contributed by atoms with van der Waals surface area (Å²) in [7, 11) is 0. The lowest BCUT2D eigenvalue weighted by molar-refractivity contribution is 0.159. The van der Waals surface area contributed by atoms with Crippen molar-refractivity contribution in [1.29, 1.82) is 0 Å². The van der Waals surface area contributed by atoms with E-state index in [1.165, 1.54) is 18.4 Å². The van der Waals surface area contributed by atoms with E-state index in [2.05, 4.69) is 54.4 Å². The van der Waals surface area contributed by atoms with E-state index < -0.39 is 0 Å². The van der Waals surface area contributed by atoms with E-state index in [0.29, 0.717) is 12.0 Å². The number of nitrogens with one attached hydrogen (secondary N) is 1. The Morgan fingerprint density at radius 3 is 2.43 bits per heavy atom. The Hall–Kier alpha value is -0.900. The summed E-state index contributed by atoms with van der Waals surface area (Å²) < 4.78 is 0. The first kappa shape index (κ1) is 16.5. The van der Waals surface area contributed by atoms with Gasteiger partial charge in [-0.3, -0.25) is 4.90 Å². The Balaban J connectivity index is 1.72. The second-order valence-corrected chi connectivity index (χ2v) is 6.71. The van der Waals surface area contributed by atoms with Gasteiger partial charge in [0, 0.05) is 18.6 Å². The topological polar surface area (TPSA) is 35.5 Å². The minimum absolute atomic E-state index is 0.252. The third-order valence-corrected chi connectivity index (χ3v) is 4.28. The van der Waals surface area contributed by atoms with E-state index in [1.54, 1.807) is 0 Å². The molecule has 0 aliphatic carbocycles. The van der Waals surface area contributed by atoms with Crippen LogP contribution in [0.3, 0.4) is 0 Å². The molecule has 118 valence electrons. The molecular weight excluding hydrogens is 260 g/mol. The monoisotopic (exact) mass is 290 g/mol. The molecule has 0 spiro atoms. The van der Waals surface area contributed by atoms with Crippen LogP contribution < -0.4 is 5.32 Å². The lowest BCUT2D eigenvalue weighted by atomic mass is 9.99. The summed E-state index contributed by atoms with van der Waals surface area (Å²) in [5.74, 6) is 0.632. The maximum atomic E-state index is 9.48. The van der Waals surface area contributed by atoms with Crippen molar-refractivity contribution in [2.45, 2.75) is 51.7 Å². The molecule has 0 aromatic heterocycles. The van der Waals surface area contributed by atoms with Crippen molar-refractivity contribution in [3.8, 4) is 0 Å². The largest absolute Gasteiger partial charge is 0.395 e. The van der Waals surface area contributed by atoms with Crippen LogP contribution in [0.5, 0.6) is 0 Å². The van der Waals surface area contributed by atoms with Gasteiger partial charge < -0.3 is 10.4 Å². The van der Waals surface area contributed by atoms with Crippen LogP contribution in [0.2, 0.25) is 0 Å². The third-order valence-electron chi connectivity index (χ3n) is 4.28. The van der Waals surface area contributed by atoms with Crippen molar-refractivity contribution in [2.24, 2.45) is 5.92 Å². The predicted octanol–water partition coefficient (Wildman–Crippen LogP) is 2.65. The Morgan fingerprint density at radius 1 is 1.19 bits per heavy atom. The van der Waals surface area contributed by atoms with Gasteiger partial charge in [0.25, 0.3) is 0 Å². The second-order valence-electron chi connectivity index (χ2n) is 6.71. The van der Waals surface area contributed by atoms with Crippen molar-refractivity contribution in [3.05, 3.63) is 35.9 Å². The van der Waals surface area contributed by atoms with Crippen LogP contribution in [0.4, 0.5) is 0 Å². The average Bonchev–Trinajstić information content (AvgIpc) is 2.49. The smallest absolute Gasteiger partial charge is 0.0584 e. The summed E-state index contributed by atoms with van der Waals surface area (Å²) in [5, 5.41) is 13.1. The fourth-order valence-electron chi connectivity index (χ4n) is 3.20. The van der Waals surface area contributed by atoms with Gasteiger partial charge in [-0.2, -0.15) is 0 Å². The average molecular weight is 290 g/mol. The highest BCUT2D eigenvalue weighted by Gasteiger charge is 2.21. The number of rotatable bonds is 7. The highest BCUT2D eigenvalue weighted by atomic mass is 16.3. The lowest BCUT2D eigenvalue weighted by Crippen LogP contribution is -2.47. The van der Waals surface area contributed by atoms with Gasteiger partial charge in [-0.05, 0) is 43.8 Å². The van der Waals surface area contributed by atoms with E-state index in [9.17, 15) is 5.11 Å². The summed E-state index contributed by atoms with van der Waals surface area (Å²) in [5.41, 5.74) is 1.40. The third kappa shape index (κ3) is 5.77. The maximum Gasteiger partial charge on any atom is 0.0584 e. The molecule has 1 atom stereocenters.